The van der Waals surface area contributed by atoms with E-state index in [4.69, 9.17) is 9.47 Å². The summed E-state index contributed by atoms with van der Waals surface area (Å²) in [5.41, 5.74) is 1.65. The van der Waals surface area contributed by atoms with E-state index >= 15 is 0 Å². The maximum atomic E-state index is 13.0. The number of rotatable bonds is 8. The number of nitrogens with zero attached hydrogens (tertiary/aromatic N) is 2. The number of benzene rings is 2. The van der Waals surface area contributed by atoms with Gasteiger partial charge in [0.05, 0.1) is 19.1 Å². The van der Waals surface area contributed by atoms with Crippen LogP contribution in [0.4, 0.5) is 0 Å². The summed E-state index contributed by atoms with van der Waals surface area (Å²) in [6, 6.07) is 11.9. The molecule has 1 fully saturated rings. The van der Waals surface area contributed by atoms with Gasteiger partial charge in [0.25, 0.3) is 0 Å². The van der Waals surface area contributed by atoms with Gasteiger partial charge in [-0.05, 0) is 56.2 Å². The average Bonchev–Trinajstić information content (AvgIpc) is 3.30. The van der Waals surface area contributed by atoms with Gasteiger partial charge in [-0.25, -0.2) is 8.42 Å². The lowest BCUT2D eigenvalue weighted by molar-refractivity contribution is -0.123. The van der Waals surface area contributed by atoms with Gasteiger partial charge in [0.2, 0.25) is 15.9 Å². The van der Waals surface area contributed by atoms with Crippen molar-refractivity contribution in [1.29, 1.82) is 0 Å². The fraction of sp³-hybridized carbons (Fsp3) is 0.400. The molecule has 0 spiro atoms. The Labute approximate surface area is 200 Å². The summed E-state index contributed by atoms with van der Waals surface area (Å²) in [5.74, 6) is 1.17. The minimum absolute atomic E-state index is 0.152. The molecule has 1 atom stereocenters. The van der Waals surface area contributed by atoms with Crippen LogP contribution in [-0.4, -0.2) is 50.5 Å². The van der Waals surface area contributed by atoms with Gasteiger partial charge in [-0.15, -0.1) is 0 Å². The molecule has 0 unspecified atom stereocenters. The maximum absolute atomic E-state index is 13.0. The van der Waals surface area contributed by atoms with Crippen LogP contribution in [0.15, 0.2) is 53.6 Å². The Morgan fingerprint density at radius 1 is 1.03 bits per heavy atom. The zero-order valence-corrected chi connectivity index (χ0v) is 20.6. The first-order valence-corrected chi connectivity index (χ1v) is 12.9. The fourth-order valence-electron chi connectivity index (χ4n) is 4.35. The van der Waals surface area contributed by atoms with Crippen molar-refractivity contribution in [1.82, 2.24) is 14.2 Å². The van der Waals surface area contributed by atoms with E-state index in [2.05, 4.69) is 5.32 Å². The number of sulfonamides is 1. The summed E-state index contributed by atoms with van der Waals surface area (Å²) in [6.07, 6.45) is 4.68. The minimum Gasteiger partial charge on any atom is -0.497 e. The number of aromatic nitrogens is 1. The summed E-state index contributed by atoms with van der Waals surface area (Å²) in [7, 11) is -0.341. The molecule has 0 radical (unpaired) electrons. The van der Waals surface area contributed by atoms with Crippen LogP contribution in [-0.2, 0) is 21.4 Å². The molecule has 1 N–H and O–H groups in total. The second kappa shape index (κ2) is 10.1. The zero-order valence-electron chi connectivity index (χ0n) is 19.8. The second-order valence-corrected chi connectivity index (χ2v) is 10.4. The van der Waals surface area contributed by atoms with Crippen molar-refractivity contribution in [3.05, 3.63) is 54.2 Å². The number of ether oxygens (including phenoxy) is 2. The highest BCUT2D eigenvalue weighted by atomic mass is 32.2. The van der Waals surface area contributed by atoms with Crippen LogP contribution in [0.2, 0.25) is 0 Å². The fourth-order valence-corrected chi connectivity index (χ4v) is 5.90. The smallest absolute Gasteiger partial charge is 0.243 e. The van der Waals surface area contributed by atoms with Crippen molar-refractivity contribution < 1.29 is 22.7 Å². The summed E-state index contributed by atoms with van der Waals surface area (Å²) in [5, 5.41) is 3.75. The molecule has 1 aliphatic heterocycles. The highest BCUT2D eigenvalue weighted by Crippen LogP contribution is 2.27. The normalized spacial score (nSPS) is 15.7. The lowest BCUT2D eigenvalue weighted by atomic mass is 10.2. The monoisotopic (exact) mass is 485 g/mol. The molecular formula is C25H31N3O5S. The van der Waals surface area contributed by atoms with Crippen molar-refractivity contribution in [2.45, 2.75) is 43.7 Å². The summed E-state index contributed by atoms with van der Waals surface area (Å²) >= 11 is 0. The van der Waals surface area contributed by atoms with Crippen LogP contribution in [0.25, 0.3) is 10.9 Å². The summed E-state index contributed by atoms with van der Waals surface area (Å²) in [6.45, 7) is 3.27. The quantitative estimate of drug-likeness (QED) is 0.525. The van der Waals surface area contributed by atoms with Crippen LogP contribution in [0.3, 0.4) is 0 Å². The minimum atomic E-state index is -3.51. The lowest BCUT2D eigenvalue weighted by Crippen LogP contribution is -2.35. The number of hydrogen-bond acceptors (Lipinski definition) is 5. The van der Waals surface area contributed by atoms with Gasteiger partial charge >= 0.3 is 0 Å². The van der Waals surface area contributed by atoms with E-state index < -0.39 is 16.1 Å². The molecule has 1 amide bonds. The molecule has 34 heavy (non-hydrogen) atoms. The predicted molar refractivity (Wildman–Crippen MR) is 131 cm³/mol. The Balaban J connectivity index is 1.49. The molecule has 2 aromatic carbocycles. The van der Waals surface area contributed by atoms with E-state index in [9.17, 15) is 13.2 Å². The van der Waals surface area contributed by atoms with Gasteiger partial charge in [-0.2, -0.15) is 4.31 Å². The molecule has 0 saturated carbocycles. The Morgan fingerprint density at radius 3 is 2.50 bits per heavy atom. The topological polar surface area (TPSA) is 89.9 Å². The molecule has 4 rings (SSSR count). The number of amides is 1. The third-order valence-electron chi connectivity index (χ3n) is 6.39. The number of carbonyl (C=O) groups is 1. The molecule has 8 nitrogen and oxygen atoms in total. The van der Waals surface area contributed by atoms with Gasteiger partial charge in [-0.3, -0.25) is 4.79 Å². The number of hydrogen-bond donors (Lipinski definition) is 1. The van der Waals surface area contributed by atoms with Crippen LogP contribution >= 0.6 is 0 Å². The SMILES string of the molecule is COc1ccc(CNC(=O)[C@@H](C)n2ccc3cc(S(=O)(=O)N4CCCCC4)ccc32)c(OC)c1. The highest BCUT2D eigenvalue weighted by molar-refractivity contribution is 7.89. The van der Waals surface area contributed by atoms with Gasteiger partial charge in [0, 0.05) is 48.4 Å². The Hall–Kier alpha value is -3.04. The molecule has 1 saturated heterocycles. The molecular weight excluding hydrogens is 454 g/mol. The van der Waals surface area contributed by atoms with Gasteiger partial charge in [0.1, 0.15) is 17.5 Å². The van der Waals surface area contributed by atoms with E-state index in [1.807, 2.05) is 35.9 Å². The van der Waals surface area contributed by atoms with Gasteiger partial charge in [0.15, 0.2) is 0 Å². The molecule has 0 aliphatic carbocycles. The van der Waals surface area contributed by atoms with Crippen LogP contribution in [0, 0.1) is 0 Å². The summed E-state index contributed by atoms with van der Waals surface area (Å²) < 4.78 is 40.1. The van der Waals surface area contributed by atoms with E-state index in [0.29, 0.717) is 36.0 Å². The maximum Gasteiger partial charge on any atom is 0.243 e. The van der Waals surface area contributed by atoms with E-state index in [0.717, 1.165) is 35.7 Å². The molecule has 9 heteroatoms. The van der Waals surface area contributed by atoms with Crippen molar-refractivity contribution in [2.75, 3.05) is 27.3 Å². The largest absolute Gasteiger partial charge is 0.497 e. The summed E-state index contributed by atoms with van der Waals surface area (Å²) in [4.78, 5) is 13.2. The lowest BCUT2D eigenvalue weighted by Gasteiger charge is -2.26. The molecule has 1 aromatic heterocycles. The van der Waals surface area contributed by atoms with Crippen molar-refractivity contribution in [3.63, 3.8) is 0 Å². The van der Waals surface area contributed by atoms with E-state index in [-0.39, 0.29) is 5.91 Å². The second-order valence-electron chi connectivity index (χ2n) is 8.48. The Bertz CT molecular complexity index is 1280. The first-order valence-electron chi connectivity index (χ1n) is 11.4. The van der Waals surface area contributed by atoms with Crippen LogP contribution < -0.4 is 14.8 Å². The molecule has 182 valence electrons. The Morgan fingerprint density at radius 2 is 1.79 bits per heavy atom. The predicted octanol–water partition coefficient (Wildman–Crippen LogP) is 3.71. The highest BCUT2D eigenvalue weighted by Gasteiger charge is 2.26. The Kier molecular flexibility index (Phi) is 7.13. The van der Waals surface area contributed by atoms with Crippen molar-refractivity contribution in [2.24, 2.45) is 0 Å². The number of piperidine rings is 1. The van der Waals surface area contributed by atoms with E-state index in [1.165, 1.54) is 0 Å². The number of methoxy groups -OCH3 is 2. The van der Waals surface area contributed by atoms with Crippen LogP contribution in [0.1, 0.15) is 37.8 Å². The number of fused-ring (bicyclic) bond motifs is 1. The molecule has 2 heterocycles. The first kappa shape index (κ1) is 24.1. The third-order valence-corrected chi connectivity index (χ3v) is 8.28. The molecule has 0 bridgehead atoms. The number of nitrogens with one attached hydrogen (secondary N) is 1. The standard InChI is InChI=1S/C25H31N3O5S/c1-18(25(29)26-17-20-7-8-21(32-2)16-24(20)33-3)28-14-11-19-15-22(9-10-23(19)28)34(30,31)27-12-5-4-6-13-27/h7-11,14-16,18H,4-6,12-13,17H2,1-3H3,(H,26,29)/t18-/m1/s1. The molecule has 1 aliphatic rings. The number of carbonyl (C=O) groups excluding carboxylic acids is 1. The average molecular weight is 486 g/mol. The van der Waals surface area contributed by atoms with Gasteiger partial charge < -0.3 is 19.4 Å². The van der Waals surface area contributed by atoms with Crippen LogP contribution in [0.5, 0.6) is 11.5 Å². The third kappa shape index (κ3) is 4.76. The van der Waals surface area contributed by atoms with Crippen molar-refractivity contribution in [3.8, 4) is 11.5 Å². The first-order chi connectivity index (χ1) is 16.3. The zero-order chi connectivity index (χ0) is 24.3. The van der Waals surface area contributed by atoms with Gasteiger partial charge in [-0.1, -0.05) is 6.42 Å². The van der Waals surface area contributed by atoms with E-state index in [1.54, 1.807) is 42.8 Å². The molecule has 3 aromatic rings. The van der Waals surface area contributed by atoms with Crippen molar-refractivity contribution >= 4 is 26.8 Å².